The Labute approximate surface area is 128 Å². The van der Waals surface area contributed by atoms with Gasteiger partial charge in [0.15, 0.2) is 0 Å². The first-order chi connectivity index (χ1) is 9.94. The third-order valence-corrected chi connectivity index (χ3v) is 4.88. The van der Waals surface area contributed by atoms with Crippen LogP contribution in [0.1, 0.15) is 38.8 Å². The van der Waals surface area contributed by atoms with E-state index in [-0.39, 0.29) is 12.1 Å². The highest BCUT2D eigenvalue weighted by Crippen LogP contribution is 2.18. The molecule has 0 saturated heterocycles. The Balaban J connectivity index is 2.95. The smallest absolute Gasteiger partial charge is 0.240 e. The van der Waals surface area contributed by atoms with Crippen molar-refractivity contribution < 1.29 is 13.2 Å². The van der Waals surface area contributed by atoms with Crippen molar-refractivity contribution in [2.24, 2.45) is 0 Å². The number of hydrogen-bond acceptors (Lipinski definition) is 4. The van der Waals surface area contributed by atoms with Gasteiger partial charge >= 0.3 is 0 Å². The molecule has 0 aliphatic carbocycles. The van der Waals surface area contributed by atoms with Gasteiger partial charge in [0.05, 0.1) is 11.5 Å². The number of hydrogen-bond donors (Lipinski definition) is 2. The fraction of sp³-hybridized carbons (Fsp3) is 0.600. The van der Waals surface area contributed by atoms with Crippen LogP contribution < -0.4 is 10.0 Å². The minimum atomic E-state index is -3.52. The molecule has 0 fully saturated rings. The molecule has 0 radical (unpaired) electrons. The first kappa shape index (κ1) is 18.1. The lowest BCUT2D eigenvalue weighted by Crippen LogP contribution is -2.37. The summed E-state index contributed by atoms with van der Waals surface area (Å²) in [7, 11) is -1.96. The SMILES string of the molecule is CCNC(C)c1cccc(S(=O)(=O)NC(CC)COC)c1. The fourth-order valence-corrected chi connectivity index (χ4v) is 3.46. The van der Waals surface area contributed by atoms with E-state index in [1.165, 1.54) is 0 Å². The van der Waals surface area contributed by atoms with Gasteiger partial charge in [-0.05, 0) is 37.6 Å². The molecule has 0 bridgehead atoms. The number of methoxy groups -OCH3 is 1. The van der Waals surface area contributed by atoms with Crippen LogP contribution in [0.3, 0.4) is 0 Å². The zero-order valence-electron chi connectivity index (χ0n) is 13.2. The van der Waals surface area contributed by atoms with Gasteiger partial charge in [-0.3, -0.25) is 0 Å². The molecule has 6 heteroatoms. The van der Waals surface area contributed by atoms with E-state index in [1.54, 1.807) is 25.3 Å². The maximum absolute atomic E-state index is 12.4. The van der Waals surface area contributed by atoms with Crippen LogP contribution in [0.4, 0.5) is 0 Å². The molecule has 0 heterocycles. The van der Waals surface area contributed by atoms with Crippen molar-refractivity contribution in [1.29, 1.82) is 0 Å². The van der Waals surface area contributed by atoms with Gasteiger partial charge in [0, 0.05) is 19.2 Å². The predicted molar refractivity (Wildman–Crippen MR) is 84.8 cm³/mol. The summed E-state index contributed by atoms with van der Waals surface area (Å²) in [6, 6.07) is 6.94. The molecule has 0 aliphatic heterocycles. The molecule has 0 aliphatic rings. The van der Waals surface area contributed by atoms with Crippen LogP contribution in [0.15, 0.2) is 29.2 Å². The molecule has 21 heavy (non-hydrogen) atoms. The fourth-order valence-electron chi connectivity index (χ4n) is 2.10. The standard InChI is InChI=1S/C15H26N2O3S/c1-5-14(11-20-4)17-21(18,19)15-9-7-8-13(10-15)12(3)16-6-2/h7-10,12,14,16-17H,5-6,11H2,1-4H3. The second-order valence-electron chi connectivity index (χ2n) is 5.03. The van der Waals surface area contributed by atoms with Crippen molar-refractivity contribution in [1.82, 2.24) is 10.0 Å². The number of benzene rings is 1. The average molecular weight is 314 g/mol. The summed E-state index contributed by atoms with van der Waals surface area (Å²) in [5.74, 6) is 0. The first-order valence-corrected chi connectivity index (χ1v) is 8.77. The van der Waals surface area contributed by atoms with E-state index in [0.29, 0.717) is 17.9 Å². The molecular formula is C15H26N2O3S. The van der Waals surface area contributed by atoms with Crippen LogP contribution in [0.2, 0.25) is 0 Å². The number of rotatable bonds is 9. The number of sulfonamides is 1. The van der Waals surface area contributed by atoms with Gasteiger partial charge in [0.2, 0.25) is 10.0 Å². The van der Waals surface area contributed by atoms with Crippen molar-refractivity contribution in [2.45, 2.75) is 44.2 Å². The van der Waals surface area contributed by atoms with Gasteiger partial charge in [-0.15, -0.1) is 0 Å². The predicted octanol–water partition coefficient (Wildman–Crippen LogP) is 2.06. The molecule has 2 atom stereocenters. The van der Waals surface area contributed by atoms with Crippen molar-refractivity contribution in [3.05, 3.63) is 29.8 Å². The molecule has 0 saturated carbocycles. The molecule has 0 aromatic heterocycles. The Morgan fingerprint density at radius 1 is 1.29 bits per heavy atom. The van der Waals surface area contributed by atoms with Crippen LogP contribution in [-0.4, -0.2) is 34.7 Å². The number of ether oxygens (including phenoxy) is 1. The normalized spacial score (nSPS) is 14.9. The minimum Gasteiger partial charge on any atom is -0.383 e. The Morgan fingerprint density at radius 3 is 2.57 bits per heavy atom. The second-order valence-corrected chi connectivity index (χ2v) is 6.75. The van der Waals surface area contributed by atoms with E-state index in [1.807, 2.05) is 26.8 Å². The summed E-state index contributed by atoms with van der Waals surface area (Å²) < 4.78 is 32.6. The van der Waals surface area contributed by atoms with Gasteiger partial charge in [0.1, 0.15) is 0 Å². The Bertz CT molecular complexity index is 531. The highest BCUT2D eigenvalue weighted by molar-refractivity contribution is 7.89. The third-order valence-electron chi connectivity index (χ3n) is 3.36. The molecule has 2 N–H and O–H groups in total. The lowest BCUT2D eigenvalue weighted by molar-refractivity contribution is 0.173. The van der Waals surface area contributed by atoms with Crippen LogP contribution in [-0.2, 0) is 14.8 Å². The Hall–Kier alpha value is -0.950. The summed E-state index contributed by atoms with van der Waals surface area (Å²) in [5.41, 5.74) is 0.958. The van der Waals surface area contributed by atoms with Crippen LogP contribution in [0, 0.1) is 0 Å². The molecule has 1 aromatic carbocycles. The second kappa shape index (κ2) is 8.48. The molecule has 120 valence electrons. The van der Waals surface area contributed by atoms with E-state index in [2.05, 4.69) is 10.0 Å². The average Bonchev–Trinajstić information content (AvgIpc) is 2.47. The molecule has 1 aromatic rings. The summed E-state index contributed by atoms with van der Waals surface area (Å²) in [6.45, 7) is 7.17. The first-order valence-electron chi connectivity index (χ1n) is 7.29. The topological polar surface area (TPSA) is 67.4 Å². The van der Waals surface area contributed by atoms with Crippen LogP contribution in [0.5, 0.6) is 0 Å². The molecular weight excluding hydrogens is 288 g/mol. The summed E-state index contributed by atoms with van der Waals surface area (Å²) in [5, 5.41) is 3.28. The van der Waals surface area contributed by atoms with Gasteiger partial charge in [-0.1, -0.05) is 26.0 Å². The zero-order valence-corrected chi connectivity index (χ0v) is 14.0. The van der Waals surface area contributed by atoms with Gasteiger partial charge in [-0.25, -0.2) is 13.1 Å². The summed E-state index contributed by atoms with van der Waals surface area (Å²) in [6.07, 6.45) is 0.681. The number of nitrogens with one attached hydrogen (secondary N) is 2. The van der Waals surface area contributed by atoms with E-state index in [0.717, 1.165) is 12.1 Å². The van der Waals surface area contributed by atoms with E-state index >= 15 is 0 Å². The maximum Gasteiger partial charge on any atom is 0.240 e. The van der Waals surface area contributed by atoms with Crippen LogP contribution in [0.25, 0.3) is 0 Å². The van der Waals surface area contributed by atoms with Gasteiger partial charge in [-0.2, -0.15) is 0 Å². The molecule has 2 unspecified atom stereocenters. The monoisotopic (exact) mass is 314 g/mol. The highest BCUT2D eigenvalue weighted by atomic mass is 32.2. The summed E-state index contributed by atoms with van der Waals surface area (Å²) in [4.78, 5) is 0.291. The van der Waals surface area contributed by atoms with Crippen LogP contribution >= 0.6 is 0 Å². The molecule has 1 rings (SSSR count). The van der Waals surface area contributed by atoms with Crippen molar-refractivity contribution >= 4 is 10.0 Å². The Morgan fingerprint density at radius 2 is 2.00 bits per heavy atom. The quantitative estimate of drug-likeness (QED) is 0.732. The lowest BCUT2D eigenvalue weighted by Gasteiger charge is -2.18. The largest absolute Gasteiger partial charge is 0.383 e. The third kappa shape index (κ3) is 5.39. The van der Waals surface area contributed by atoms with Gasteiger partial charge < -0.3 is 10.1 Å². The maximum atomic E-state index is 12.4. The zero-order chi connectivity index (χ0) is 15.9. The highest BCUT2D eigenvalue weighted by Gasteiger charge is 2.19. The van der Waals surface area contributed by atoms with Crippen molar-refractivity contribution in [3.63, 3.8) is 0 Å². The van der Waals surface area contributed by atoms with Gasteiger partial charge in [0.25, 0.3) is 0 Å². The molecule has 5 nitrogen and oxygen atoms in total. The van der Waals surface area contributed by atoms with E-state index in [4.69, 9.17) is 4.74 Å². The van der Waals surface area contributed by atoms with Crippen molar-refractivity contribution in [3.8, 4) is 0 Å². The summed E-state index contributed by atoms with van der Waals surface area (Å²) >= 11 is 0. The van der Waals surface area contributed by atoms with E-state index < -0.39 is 10.0 Å². The Kier molecular flexibility index (Phi) is 7.31. The van der Waals surface area contributed by atoms with Crippen molar-refractivity contribution in [2.75, 3.05) is 20.3 Å². The minimum absolute atomic E-state index is 0.117. The van der Waals surface area contributed by atoms with E-state index in [9.17, 15) is 8.42 Å². The lowest BCUT2D eigenvalue weighted by atomic mass is 10.1. The molecule has 0 spiro atoms. The molecule has 0 amide bonds.